The Bertz CT molecular complexity index is 705. The van der Waals surface area contributed by atoms with Gasteiger partial charge in [-0.05, 0) is 47.6 Å². The Balaban J connectivity index is 1.66. The molecule has 2 aromatic rings. The average molecular weight is 309 g/mol. The van der Waals surface area contributed by atoms with Gasteiger partial charge in [-0.3, -0.25) is 0 Å². The van der Waals surface area contributed by atoms with Gasteiger partial charge in [0.05, 0.1) is 11.5 Å². The fraction of sp³-hybridized carbons (Fsp3) is 0.467. The molecule has 2 N–H and O–H groups in total. The first-order valence-corrected chi connectivity index (χ1v) is 9.65. The molecule has 2 unspecified atom stereocenters. The summed E-state index contributed by atoms with van der Waals surface area (Å²) in [5.74, 6) is 0.913. The summed E-state index contributed by atoms with van der Waals surface area (Å²) in [6.45, 7) is 0. The third kappa shape index (κ3) is 3.05. The van der Waals surface area contributed by atoms with Gasteiger partial charge in [-0.15, -0.1) is 11.3 Å². The molecule has 20 heavy (non-hydrogen) atoms. The molecular formula is C15H19NO2S2. The molecule has 0 aliphatic carbocycles. The molecule has 2 atom stereocenters. The summed E-state index contributed by atoms with van der Waals surface area (Å²) in [7, 11) is -2.79. The molecular weight excluding hydrogens is 290 g/mol. The van der Waals surface area contributed by atoms with Crippen LogP contribution >= 0.6 is 11.3 Å². The number of thiophene rings is 1. The maximum absolute atomic E-state index is 11.5. The van der Waals surface area contributed by atoms with Crippen LogP contribution in [0.5, 0.6) is 0 Å². The van der Waals surface area contributed by atoms with E-state index in [9.17, 15) is 8.42 Å². The number of hydrogen-bond donors (Lipinski definition) is 1. The SMILES string of the molecule is NC(Cc1csc2ccccc12)CC1CCS(=O)(=O)C1. The first-order valence-electron chi connectivity index (χ1n) is 6.94. The minimum Gasteiger partial charge on any atom is -0.327 e. The molecule has 3 nitrogen and oxygen atoms in total. The lowest BCUT2D eigenvalue weighted by atomic mass is 9.95. The van der Waals surface area contributed by atoms with Crippen LogP contribution in [0.1, 0.15) is 18.4 Å². The van der Waals surface area contributed by atoms with E-state index >= 15 is 0 Å². The van der Waals surface area contributed by atoms with Gasteiger partial charge in [0.1, 0.15) is 0 Å². The third-order valence-electron chi connectivity index (χ3n) is 4.01. The normalized spacial score (nSPS) is 23.1. The van der Waals surface area contributed by atoms with E-state index in [1.54, 1.807) is 11.3 Å². The predicted octanol–water partition coefficient (Wildman–Crippen LogP) is 2.60. The van der Waals surface area contributed by atoms with E-state index in [0.29, 0.717) is 11.5 Å². The summed E-state index contributed by atoms with van der Waals surface area (Å²) < 4.78 is 24.2. The van der Waals surface area contributed by atoms with Crippen molar-refractivity contribution in [1.82, 2.24) is 0 Å². The number of nitrogens with two attached hydrogens (primary N) is 1. The zero-order valence-corrected chi connectivity index (χ0v) is 12.9. The Morgan fingerprint density at radius 1 is 1.35 bits per heavy atom. The molecule has 0 bridgehead atoms. The maximum atomic E-state index is 11.5. The van der Waals surface area contributed by atoms with Crippen LogP contribution in [0.3, 0.4) is 0 Å². The lowest BCUT2D eigenvalue weighted by Gasteiger charge is -2.15. The van der Waals surface area contributed by atoms with E-state index in [-0.39, 0.29) is 12.0 Å². The van der Waals surface area contributed by atoms with Crippen LogP contribution in [0.15, 0.2) is 29.6 Å². The second-order valence-corrected chi connectivity index (χ2v) is 8.87. The molecule has 2 heterocycles. The molecule has 1 fully saturated rings. The summed E-state index contributed by atoms with van der Waals surface area (Å²) in [4.78, 5) is 0. The summed E-state index contributed by atoms with van der Waals surface area (Å²) in [5.41, 5.74) is 7.52. The largest absolute Gasteiger partial charge is 0.327 e. The van der Waals surface area contributed by atoms with Crippen molar-refractivity contribution in [3.05, 3.63) is 35.2 Å². The van der Waals surface area contributed by atoms with Crippen molar-refractivity contribution in [2.75, 3.05) is 11.5 Å². The molecule has 1 aromatic carbocycles. The monoisotopic (exact) mass is 309 g/mol. The number of sulfone groups is 1. The van der Waals surface area contributed by atoms with Crippen molar-refractivity contribution in [2.24, 2.45) is 11.7 Å². The first kappa shape index (κ1) is 14.0. The molecule has 1 saturated heterocycles. The average Bonchev–Trinajstić information content (AvgIpc) is 2.94. The minimum absolute atomic E-state index is 0.0475. The van der Waals surface area contributed by atoms with Crippen LogP contribution in [0.2, 0.25) is 0 Å². The van der Waals surface area contributed by atoms with Crippen LogP contribution in [0.4, 0.5) is 0 Å². The molecule has 0 amide bonds. The van der Waals surface area contributed by atoms with Gasteiger partial charge in [0.25, 0.3) is 0 Å². The van der Waals surface area contributed by atoms with Gasteiger partial charge in [-0.25, -0.2) is 8.42 Å². The van der Waals surface area contributed by atoms with Crippen molar-refractivity contribution in [3.8, 4) is 0 Å². The topological polar surface area (TPSA) is 60.2 Å². The highest BCUT2D eigenvalue weighted by Crippen LogP contribution is 2.28. The number of benzene rings is 1. The zero-order valence-electron chi connectivity index (χ0n) is 11.3. The lowest BCUT2D eigenvalue weighted by Crippen LogP contribution is -2.26. The maximum Gasteiger partial charge on any atom is 0.150 e. The Kier molecular flexibility index (Phi) is 3.84. The van der Waals surface area contributed by atoms with E-state index < -0.39 is 9.84 Å². The first-order chi connectivity index (χ1) is 9.53. The molecule has 5 heteroatoms. The van der Waals surface area contributed by atoms with Crippen molar-refractivity contribution in [1.29, 1.82) is 0 Å². The summed E-state index contributed by atoms with van der Waals surface area (Å²) >= 11 is 1.75. The standard InChI is InChI=1S/C15H19NO2S2/c16-13(7-11-5-6-20(17,18)10-11)8-12-9-19-15-4-2-1-3-14(12)15/h1-4,9,11,13H,5-8,10,16H2. The minimum atomic E-state index is -2.79. The van der Waals surface area contributed by atoms with Gasteiger partial charge in [0, 0.05) is 10.7 Å². The van der Waals surface area contributed by atoms with E-state index in [1.165, 1.54) is 15.6 Å². The second-order valence-electron chi connectivity index (χ2n) is 5.73. The molecule has 0 saturated carbocycles. The van der Waals surface area contributed by atoms with Crippen molar-refractivity contribution >= 4 is 31.3 Å². The van der Waals surface area contributed by atoms with Gasteiger partial charge in [-0.1, -0.05) is 18.2 Å². The fourth-order valence-corrected chi connectivity index (χ4v) is 5.90. The highest BCUT2D eigenvalue weighted by Gasteiger charge is 2.29. The van der Waals surface area contributed by atoms with E-state index in [2.05, 4.69) is 17.5 Å². The van der Waals surface area contributed by atoms with E-state index in [0.717, 1.165) is 19.3 Å². The van der Waals surface area contributed by atoms with Gasteiger partial charge < -0.3 is 5.73 Å². The molecule has 0 spiro atoms. The highest BCUT2D eigenvalue weighted by atomic mass is 32.2. The summed E-state index contributed by atoms with van der Waals surface area (Å²) in [5, 5.41) is 3.46. The summed E-state index contributed by atoms with van der Waals surface area (Å²) in [6, 6.07) is 8.40. The third-order valence-corrected chi connectivity index (χ3v) is 6.86. The van der Waals surface area contributed by atoms with Gasteiger partial charge >= 0.3 is 0 Å². The Morgan fingerprint density at radius 2 is 2.15 bits per heavy atom. The lowest BCUT2D eigenvalue weighted by molar-refractivity contribution is 0.469. The van der Waals surface area contributed by atoms with Crippen LogP contribution in [-0.2, 0) is 16.3 Å². The van der Waals surface area contributed by atoms with Crippen LogP contribution < -0.4 is 5.73 Å². The van der Waals surface area contributed by atoms with Gasteiger partial charge in [-0.2, -0.15) is 0 Å². The van der Waals surface area contributed by atoms with Crippen LogP contribution in [0, 0.1) is 5.92 Å². The van der Waals surface area contributed by atoms with Gasteiger partial charge in [0.15, 0.2) is 9.84 Å². The predicted molar refractivity (Wildman–Crippen MR) is 84.9 cm³/mol. The van der Waals surface area contributed by atoms with E-state index in [1.807, 2.05) is 12.1 Å². The van der Waals surface area contributed by atoms with Crippen LogP contribution in [-0.4, -0.2) is 26.0 Å². The molecule has 1 aliphatic heterocycles. The number of rotatable bonds is 4. The molecule has 0 radical (unpaired) electrons. The van der Waals surface area contributed by atoms with Gasteiger partial charge in [0.2, 0.25) is 0 Å². The van der Waals surface area contributed by atoms with Crippen molar-refractivity contribution in [2.45, 2.75) is 25.3 Å². The zero-order chi connectivity index (χ0) is 14.2. The molecule has 1 aliphatic rings. The molecule has 3 rings (SSSR count). The summed E-state index contributed by atoms with van der Waals surface area (Å²) in [6.07, 6.45) is 2.42. The second kappa shape index (κ2) is 5.47. The van der Waals surface area contributed by atoms with E-state index in [4.69, 9.17) is 5.73 Å². The fourth-order valence-electron chi connectivity index (χ4n) is 3.04. The quantitative estimate of drug-likeness (QED) is 0.944. The Labute approximate surface area is 123 Å². The molecule has 1 aromatic heterocycles. The number of fused-ring (bicyclic) bond motifs is 1. The Morgan fingerprint density at radius 3 is 2.90 bits per heavy atom. The Hall–Kier alpha value is -0.910. The smallest absolute Gasteiger partial charge is 0.150 e. The molecule has 108 valence electrons. The number of hydrogen-bond acceptors (Lipinski definition) is 4. The van der Waals surface area contributed by atoms with Crippen molar-refractivity contribution < 1.29 is 8.42 Å². The van der Waals surface area contributed by atoms with Crippen LogP contribution in [0.25, 0.3) is 10.1 Å². The van der Waals surface area contributed by atoms with Crippen molar-refractivity contribution in [3.63, 3.8) is 0 Å². The highest BCUT2D eigenvalue weighted by molar-refractivity contribution is 7.91.